The molecule has 0 aliphatic carbocycles. The van der Waals surface area contributed by atoms with Crippen molar-refractivity contribution in [3.05, 3.63) is 48.6 Å². The number of carbonyl (C=O) groups is 1. The van der Waals surface area contributed by atoms with E-state index in [2.05, 4.69) is 30.8 Å². The van der Waals surface area contributed by atoms with Gasteiger partial charge in [0.25, 0.3) is 0 Å². The number of esters is 1. The van der Waals surface area contributed by atoms with Gasteiger partial charge in [-0.3, -0.25) is 4.79 Å². The van der Waals surface area contributed by atoms with Gasteiger partial charge in [0.1, 0.15) is 0 Å². The Labute approximate surface area is 103 Å². The van der Waals surface area contributed by atoms with Gasteiger partial charge in [-0.1, -0.05) is 36.4 Å². The van der Waals surface area contributed by atoms with E-state index in [0.717, 1.165) is 19.3 Å². The van der Waals surface area contributed by atoms with Crippen LogP contribution in [0.2, 0.25) is 0 Å². The van der Waals surface area contributed by atoms with E-state index in [1.165, 1.54) is 12.5 Å². The van der Waals surface area contributed by atoms with E-state index in [1.54, 1.807) is 0 Å². The zero-order chi connectivity index (χ0) is 12.5. The van der Waals surface area contributed by atoms with E-state index in [1.807, 2.05) is 12.1 Å². The minimum Gasteiger partial charge on any atom is -0.466 e. The van der Waals surface area contributed by atoms with Crippen molar-refractivity contribution < 1.29 is 9.53 Å². The van der Waals surface area contributed by atoms with Crippen LogP contribution in [0.5, 0.6) is 0 Å². The molecule has 0 unspecified atom stereocenters. The molecule has 0 saturated carbocycles. The summed E-state index contributed by atoms with van der Waals surface area (Å²) in [6.07, 6.45) is 4.90. The predicted octanol–water partition coefficient (Wildman–Crippen LogP) is 3.37. The Morgan fingerprint density at radius 2 is 2.06 bits per heavy atom. The van der Waals surface area contributed by atoms with Gasteiger partial charge in [-0.2, -0.15) is 0 Å². The van der Waals surface area contributed by atoms with E-state index in [9.17, 15) is 4.79 Å². The molecule has 1 aromatic carbocycles. The number of rotatable bonds is 7. The second-order valence-corrected chi connectivity index (χ2v) is 4.15. The van der Waals surface area contributed by atoms with Gasteiger partial charge in [-0.25, -0.2) is 0 Å². The zero-order valence-electron chi connectivity index (χ0n) is 10.4. The molecule has 0 heterocycles. The Balaban J connectivity index is 2.27. The first-order valence-electron chi connectivity index (χ1n) is 6.02. The number of benzene rings is 1. The van der Waals surface area contributed by atoms with E-state index in [-0.39, 0.29) is 5.97 Å². The molecule has 0 fully saturated rings. The second kappa shape index (κ2) is 7.66. The summed E-state index contributed by atoms with van der Waals surface area (Å²) in [5.41, 5.74) is 1.34. The summed E-state index contributed by atoms with van der Waals surface area (Å²) < 4.78 is 4.94. The minimum absolute atomic E-state index is 0.212. The van der Waals surface area contributed by atoms with Crippen molar-refractivity contribution in [2.45, 2.75) is 26.2 Å². The molecule has 0 spiro atoms. The quantitative estimate of drug-likeness (QED) is 0.532. The van der Waals surface area contributed by atoms with Crippen molar-refractivity contribution in [3.63, 3.8) is 0 Å². The lowest BCUT2D eigenvalue weighted by Crippen LogP contribution is -2.07. The Morgan fingerprint density at radius 1 is 1.35 bits per heavy atom. The van der Waals surface area contributed by atoms with Gasteiger partial charge < -0.3 is 4.74 Å². The molecule has 0 amide bonds. The summed E-state index contributed by atoms with van der Waals surface area (Å²) in [5, 5.41) is 0. The highest BCUT2D eigenvalue weighted by Gasteiger charge is 2.05. The fourth-order valence-electron chi connectivity index (χ4n) is 1.73. The van der Waals surface area contributed by atoms with Crippen LogP contribution in [0, 0.1) is 5.92 Å². The third-order valence-electron chi connectivity index (χ3n) is 2.77. The number of carbonyl (C=O) groups excluding carboxylic acids is 1. The highest BCUT2D eigenvalue weighted by atomic mass is 16.5. The summed E-state index contributed by atoms with van der Waals surface area (Å²) in [7, 11) is 0. The molecular weight excluding hydrogens is 212 g/mol. The lowest BCUT2D eigenvalue weighted by Gasteiger charge is -2.12. The average molecular weight is 232 g/mol. The zero-order valence-corrected chi connectivity index (χ0v) is 10.4. The van der Waals surface area contributed by atoms with Crippen LogP contribution in [0.15, 0.2) is 43.0 Å². The van der Waals surface area contributed by atoms with E-state index >= 15 is 0 Å². The SMILES string of the molecule is C=C[C@@H](CCOC(C)=O)CCc1ccccc1. The Kier molecular flexibility index (Phi) is 6.08. The lowest BCUT2D eigenvalue weighted by molar-refractivity contribution is -0.141. The van der Waals surface area contributed by atoms with Crippen LogP contribution in [-0.4, -0.2) is 12.6 Å². The maximum Gasteiger partial charge on any atom is 0.302 e. The first kappa shape index (κ1) is 13.5. The van der Waals surface area contributed by atoms with E-state index in [0.29, 0.717) is 12.5 Å². The van der Waals surface area contributed by atoms with Gasteiger partial charge in [-0.05, 0) is 30.7 Å². The topological polar surface area (TPSA) is 26.3 Å². The summed E-state index contributed by atoms with van der Waals surface area (Å²) >= 11 is 0. The fraction of sp³-hybridized carbons (Fsp3) is 0.400. The molecular formula is C15H20O2. The van der Waals surface area contributed by atoms with Gasteiger partial charge in [-0.15, -0.1) is 6.58 Å². The smallest absolute Gasteiger partial charge is 0.302 e. The molecule has 1 atom stereocenters. The molecule has 0 radical (unpaired) electrons. The molecule has 0 bridgehead atoms. The van der Waals surface area contributed by atoms with Gasteiger partial charge in [0.15, 0.2) is 0 Å². The van der Waals surface area contributed by atoms with Gasteiger partial charge in [0.2, 0.25) is 0 Å². The highest BCUT2D eigenvalue weighted by Crippen LogP contribution is 2.14. The molecule has 2 heteroatoms. The highest BCUT2D eigenvalue weighted by molar-refractivity contribution is 5.65. The number of hydrogen-bond donors (Lipinski definition) is 0. The Bertz CT molecular complexity index is 343. The number of allylic oxidation sites excluding steroid dienone is 1. The van der Waals surface area contributed by atoms with Crippen molar-refractivity contribution in [2.24, 2.45) is 5.92 Å². The Morgan fingerprint density at radius 3 is 2.65 bits per heavy atom. The number of ether oxygens (including phenoxy) is 1. The van der Waals surface area contributed by atoms with Gasteiger partial charge in [0, 0.05) is 6.92 Å². The van der Waals surface area contributed by atoms with Crippen molar-refractivity contribution in [1.82, 2.24) is 0 Å². The maximum absolute atomic E-state index is 10.6. The molecule has 1 aromatic rings. The molecule has 0 saturated heterocycles. The molecule has 0 aliphatic heterocycles. The predicted molar refractivity (Wildman–Crippen MR) is 69.7 cm³/mol. The van der Waals surface area contributed by atoms with Crippen LogP contribution in [-0.2, 0) is 16.0 Å². The first-order valence-corrected chi connectivity index (χ1v) is 6.02. The van der Waals surface area contributed by atoms with Crippen LogP contribution >= 0.6 is 0 Å². The fourth-order valence-corrected chi connectivity index (χ4v) is 1.73. The van der Waals surface area contributed by atoms with Crippen LogP contribution in [0.25, 0.3) is 0 Å². The number of hydrogen-bond acceptors (Lipinski definition) is 2. The lowest BCUT2D eigenvalue weighted by atomic mass is 9.97. The van der Waals surface area contributed by atoms with Crippen LogP contribution in [0.3, 0.4) is 0 Å². The van der Waals surface area contributed by atoms with Crippen LogP contribution in [0.4, 0.5) is 0 Å². The number of aryl methyl sites for hydroxylation is 1. The van der Waals surface area contributed by atoms with E-state index in [4.69, 9.17) is 4.74 Å². The largest absolute Gasteiger partial charge is 0.466 e. The van der Waals surface area contributed by atoms with Crippen molar-refractivity contribution in [3.8, 4) is 0 Å². The first-order chi connectivity index (χ1) is 8.22. The van der Waals surface area contributed by atoms with Crippen LogP contribution < -0.4 is 0 Å². The summed E-state index contributed by atoms with van der Waals surface area (Å²) in [6, 6.07) is 10.4. The van der Waals surface area contributed by atoms with Crippen molar-refractivity contribution >= 4 is 5.97 Å². The standard InChI is InChI=1S/C15H20O2/c1-3-14(11-12-17-13(2)16)9-10-15-7-5-4-6-8-15/h3-8,14H,1,9-12H2,2H3/t14-/m1/s1. The molecule has 1 rings (SSSR count). The minimum atomic E-state index is -0.212. The summed E-state index contributed by atoms with van der Waals surface area (Å²) in [4.78, 5) is 10.6. The van der Waals surface area contributed by atoms with Gasteiger partial charge in [0.05, 0.1) is 6.61 Å². The third kappa shape index (κ3) is 5.91. The van der Waals surface area contributed by atoms with Crippen LogP contribution in [0.1, 0.15) is 25.3 Å². The molecule has 0 aromatic heterocycles. The van der Waals surface area contributed by atoms with Crippen molar-refractivity contribution in [1.29, 1.82) is 0 Å². The normalized spacial score (nSPS) is 11.8. The molecule has 92 valence electrons. The second-order valence-electron chi connectivity index (χ2n) is 4.15. The summed E-state index contributed by atoms with van der Waals surface area (Å²) in [5.74, 6) is 0.199. The Hall–Kier alpha value is -1.57. The molecule has 2 nitrogen and oxygen atoms in total. The van der Waals surface area contributed by atoms with Crippen molar-refractivity contribution in [2.75, 3.05) is 6.61 Å². The van der Waals surface area contributed by atoms with Gasteiger partial charge >= 0.3 is 5.97 Å². The monoisotopic (exact) mass is 232 g/mol. The maximum atomic E-state index is 10.6. The average Bonchev–Trinajstić information content (AvgIpc) is 2.34. The molecule has 17 heavy (non-hydrogen) atoms. The summed E-state index contributed by atoms with van der Waals surface area (Å²) in [6.45, 7) is 5.75. The molecule has 0 N–H and O–H groups in total. The molecule has 0 aliphatic rings. The third-order valence-corrected chi connectivity index (χ3v) is 2.77. The van der Waals surface area contributed by atoms with E-state index < -0.39 is 0 Å².